The van der Waals surface area contributed by atoms with E-state index in [9.17, 15) is 9.59 Å². The third kappa shape index (κ3) is 4.82. The van der Waals surface area contributed by atoms with Gasteiger partial charge in [0.1, 0.15) is 6.04 Å². The molecule has 2 aliphatic rings. The second kappa shape index (κ2) is 8.48. The number of aryl methyl sites for hydroxylation is 1. The Morgan fingerprint density at radius 3 is 2.64 bits per heavy atom. The minimum atomic E-state index is -0.379. The van der Waals surface area contributed by atoms with Gasteiger partial charge in [-0.2, -0.15) is 0 Å². The highest BCUT2D eigenvalue weighted by molar-refractivity contribution is 5.99. The number of carbonyl (C=O) groups is 2. The summed E-state index contributed by atoms with van der Waals surface area (Å²) in [5.74, 6) is 0.672. The smallest absolute Gasteiger partial charge is 0.249 e. The molecule has 25 heavy (non-hydrogen) atoms. The summed E-state index contributed by atoms with van der Waals surface area (Å²) in [7, 11) is 0. The van der Waals surface area contributed by atoms with E-state index in [4.69, 9.17) is 0 Å². The van der Waals surface area contributed by atoms with Gasteiger partial charge < -0.3 is 15.5 Å². The van der Waals surface area contributed by atoms with Crippen LogP contribution in [0.5, 0.6) is 0 Å². The van der Waals surface area contributed by atoms with Gasteiger partial charge in [0.2, 0.25) is 11.8 Å². The van der Waals surface area contributed by atoms with E-state index in [1.807, 2.05) is 31.2 Å². The second-order valence-corrected chi connectivity index (χ2v) is 7.32. The molecule has 2 amide bonds. The van der Waals surface area contributed by atoms with Crippen LogP contribution in [-0.2, 0) is 9.59 Å². The van der Waals surface area contributed by atoms with Crippen LogP contribution in [0.25, 0.3) is 0 Å². The Morgan fingerprint density at radius 2 is 1.92 bits per heavy atom. The molecule has 0 aromatic heterocycles. The van der Waals surface area contributed by atoms with Gasteiger partial charge in [-0.3, -0.25) is 9.59 Å². The largest absolute Gasteiger partial charge is 0.344 e. The highest BCUT2D eigenvalue weighted by Crippen LogP contribution is 2.22. The molecule has 0 spiro atoms. The average Bonchev–Trinajstić information content (AvgIpc) is 2.63. The van der Waals surface area contributed by atoms with E-state index in [1.165, 1.54) is 5.56 Å². The fraction of sp³-hybridized carbons (Fsp3) is 0.600. The predicted molar refractivity (Wildman–Crippen MR) is 99.5 cm³/mol. The van der Waals surface area contributed by atoms with Crippen LogP contribution < -0.4 is 15.5 Å². The summed E-state index contributed by atoms with van der Waals surface area (Å²) < 4.78 is 0. The van der Waals surface area contributed by atoms with E-state index in [2.05, 4.69) is 10.6 Å². The third-order valence-electron chi connectivity index (χ3n) is 5.36. The van der Waals surface area contributed by atoms with E-state index >= 15 is 0 Å². The molecule has 2 saturated heterocycles. The molecule has 136 valence electrons. The molecule has 1 aromatic carbocycles. The van der Waals surface area contributed by atoms with E-state index in [0.717, 1.165) is 57.4 Å². The Balaban J connectivity index is 1.52. The minimum absolute atomic E-state index is 0.0163. The lowest BCUT2D eigenvalue weighted by atomic mass is 9.93. The fourth-order valence-corrected chi connectivity index (χ4v) is 3.76. The molecule has 0 aliphatic carbocycles. The highest BCUT2D eigenvalue weighted by Gasteiger charge is 2.30. The topological polar surface area (TPSA) is 61.4 Å². The van der Waals surface area contributed by atoms with Crippen LogP contribution in [0, 0.1) is 12.8 Å². The molecule has 1 aromatic rings. The third-order valence-corrected chi connectivity index (χ3v) is 5.36. The first-order valence-corrected chi connectivity index (χ1v) is 9.51. The van der Waals surface area contributed by atoms with Gasteiger partial charge in [-0.25, -0.2) is 0 Å². The zero-order valence-corrected chi connectivity index (χ0v) is 15.1. The van der Waals surface area contributed by atoms with E-state index in [0.29, 0.717) is 12.3 Å². The maximum Gasteiger partial charge on any atom is 0.249 e. The van der Waals surface area contributed by atoms with E-state index in [1.54, 1.807) is 4.90 Å². The molecule has 2 fully saturated rings. The first-order chi connectivity index (χ1) is 12.1. The van der Waals surface area contributed by atoms with Crippen LogP contribution in [0.1, 0.15) is 44.1 Å². The number of hydrogen-bond donors (Lipinski definition) is 2. The van der Waals surface area contributed by atoms with Gasteiger partial charge in [-0.05, 0) is 70.2 Å². The maximum atomic E-state index is 12.8. The van der Waals surface area contributed by atoms with Crippen molar-refractivity contribution in [2.45, 2.75) is 51.5 Å². The molecule has 3 rings (SSSR count). The number of nitrogens with one attached hydrogen (secondary N) is 2. The molecular formula is C20H29N3O2. The Bertz CT molecular complexity index is 593. The minimum Gasteiger partial charge on any atom is -0.344 e. The molecule has 0 saturated carbocycles. The zero-order chi connectivity index (χ0) is 17.6. The summed E-state index contributed by atoms with van der Waals surface area (Å²) in [5.41, 5.74) is 2.10. The van der Waals surface area contributed by atoms with Crippen LogP contribution in [0.3, 0.4) is 0 Å². The molecule has 2 N–H and O–H groups in total. The lowest BCUT2D eigenvalue weighted by molar-refractivity contribution is -0.128. The van der Waals surface area contributed by atoms with Crippen LogP contribution in [-0.4, -0.2) is 37.5 Å². The molecule has 0 radical (unpaired) electrons. The molecule has 2 aliphatic heterocycles. The van der Waals surface area contributed by atoms with Crippen molar-refractivity contribution in [3.05, 3.63) is 29.8 Å². The second-order valence-electron chi connectivity index (χ2n) is 7.32. The van der Waals surface area contributed by atoms with Crippen molar-refractivity contribution in [1.29, 1.82) is 0 Å². The quantitative estimate of drug-likeness (QED) is 0.863. The lowest BCUT2D eigenvalue weighted by Crippen LogP contribution is -2.52. The van der Waals surface area contributed by atoms with Crippen LogP contribution in [0.4, 0.5) is 5.69 Å². The van der Waals surface area contributed by atoms with Crippen LogP contribution in [0.15, 0.2) is 24.3 Å². The molecule has 5 heteroatoms. The summed E-state index contributed by atoms with van der Waals surface area (Å²) in [5, 5.41) is 6.32. The number of piperidine rings is 2. The summed E-state index contributed by atoms with van der Waals surface area (Å²) in [6.07, 6.45) is 5.40. The fourth-order valence-electron chi connectivity index (χ4n) is 3.76. The first-order valence-electron chi connectivity index (χ1n) is 9.51. The number of amides is 2. The molecule has 0 bridgehead atoms. The molecule has 5 nitrogen and oxygen atoms in total. The van der Waals surface area contributed by atoms with Crippen molar-refractivity contribution >= 4 is 17.5 Å². The molecule has 1 atom stereocenters. The predicted octanol–water partition coefficient (Wildman–Crippen LogP) is 2.39. The zero-order valence-electron chi connectivity index (χ0n) is 15.1. The summed E-state index contributed by atoms with van der Waals surface area (Å²) in [6.45, 7) is 4.87. The van der Waals surface area contributed by atoms with Crippen molar-refractivity contribution < 1.29 is 9.59 Å². The molecular weight excluding hydrogens is 314 g/mol. The number of carbonyl (C=O) groups excluding carboxylic acids is 2. The van der Waals surface area contributed by atoms with Crippen molar-refractivity contribution in [3.63, 3.8) is 0 Å². The Morgan fingerprint density at radius 1 is 1.20 bits per heavy atom. The van der Waals surface area contributed by atoms with Crippen LogP contribution in [0.2, 0.25) is 0 Å². The monoisotopic (exact) mass is 343 g/mol. The number of rotatable bonds is 5. The standard InChI is InChI=1S/C20H29N3O2/c1-15-4-7-17(8-5-15)23-14-2-3-18(20(23)25)22-19(24)9-6-16-10-12-21-13-11-16/h4-5,7-8,16,18,21H,2-3,6,9-14H2,1H3,(H,22,24). The SMILES string of the molecule is Cc1ccc(N2CCCC(NC(=O)CCC3CCNCC3)C2=O)cc1. The summed E-state index contributed by atoms with van der Waals surface area (Å²) >= 11 is 0. The van der Waals surface area contributed by atoms with E-state index in [-0.39, 0.29) is 17.9 Å². The van der Waals surface area contributed by atoms with E-state index < -0.39 is 0 Å². The number of benzene rings is 1. The van der Waals surface area contributed by atoms with Crippen molar-refractivity contribution in [3.8, 4) is 0 Å². The van der Waals surface area contributed by atoms with Gasteiger partial charge in [0.25, 0.3) is 0 Å². The van der Waals surface area contributed by atoms with Crippen molar-refractivity contribution in [1.82, 2.24) is 10.6 Å². The van der Waals surface area contributed by atoms with Gasteiger partial charge >= 0.3 is 0 Å². The van der Waals surface area contributed by atoms with Crippen molar-refractivity contribution in [2.24, 2.45) is 5.92 Å². The highest BCUT2D eigenvalue weighted by atomic mass is 16.2. The maximum absolute atomic E-state index is 12.8. The average molecular weight is 343 g/mol. The Labute approximate surface area is 150 Å². The Kier molecular flexibility index (Phi) is 6.08. The van der Waals surface area contributed by atoms with Gasteiger partial charge in [-0.15, -0.1) is 0 Å². The van der Waals surface area contributed by atoms with Gasteiger partial charge in [0.15, 0.2) is 0 Å². The number of hydrogen-bond acceptors (Lipinski definition) is 3. The normalized spacial score (nSPS) is 22.0. The van der Waals surface area contributed by atoms with Crippen LogP contribution >= 0.6 is 0 Å². The number of nitrogens with zero attached hydrogens (tertiary/aromatic N) is 1. The molecule has 1 unspecified atom stereocenters. The van der Waals surface area contributed by atoms with Gasteiger partial charge in [0.05, 0.1) is 0 Å². The summed E-state index contributed by atoms with van der Waals surface area (Å²) in [6, 6.07) is 7.62. The van der Waals surface area contributed by atoms with Crippen molar-refractivity contribution in [2.75, 3.05) is 24.5 Å². The lowest BCUT2D eigenvalue weighted by Gasteiger charge is -2.33. The summed E-state index contributed by atoms with van der Waals surface area (Å²) in [4.78, 5) is 26.9. The molecule has 2 heterocycles. The number of anilines is 1. The Hall–Kier alpha value is -1.88. The van der Waals surface area contributed by atoms with Gasteiger partial charge in [0, 0.05) is 18.7 Å². The van der Waals surface area contributed by atoms with Gasteiger partial charge in [-0.1, -0.05) is 17.7 Å². The first kappa shape index (κ1) is 17.9.